The predicted octanol–water partition coefficient (Wildman–Crippen LogP) is 2.69. The molecule has 176 valence electrons. The van der Waals surface area contributed by atoms with Crippen LogP contribution < -0.4 is 11.1 Å². The molecule has 0 saturated carbocycles. The van der Waals surface area contributed by atoms with Crippen LogP contribution in [-0.4, -0.2) is 54.7 Å². The molecule has 0 aliphatic carbocycles. The van der Waals surface area contributed by atoms with Gasteiger partial charge in [-0.1, -0.05) is 24.3 Å². The summed E-state index contributed by atoms with van der Waals surface area (Å²) in [5.74, 6) is -0.430. The highest BCUT2D eigenvalue weighted by atomic mass is 16.6. The van der Waals surface area contributed by atoms with E-state index in [4.69, 9.17) is 25.1 Å². The van der Waals surface area contributed by atoms with Crippen LogP contribution in [0.3, 0.4) is 0 Å². The maximum absolute atomic E-state index is 12.1. The second kappa shape index (κ2) is 14.0. The third kappa shape index (κ3) is 13.0. The van der Waals surface area contributed by atoms with Crippen LogP contribution in [0, 0.1) is 0 Å². The van der Waals surface area contributed by atoms with Crippen LogP contribution >= 0.6 is 0 Å². The van der Waals surface area contributed by atoms with Crippen LogP contribution in [0.5, 0.6) is 0 Å². The van der Waals surface area contributed by atoms with E-state index in [0.717, 1.165) is 18.4 Å². The lowest BCUT2D eigenvalue weighted by molar-refractivity contribution is -0.118. The van der Waals surface area contributed by atoms with E-state index in [9.17, 15) is 9.59 Å². The minimum atomic E-state index is -0.616. The van der Waals surface area contributed by atoms with Crippen molar-refractivity contribution in [1.82, 2.24) is 5.32 Å². The Labute approximate surface area is 185 Å². The summed E-state index contributed by atoms with van der Waals surface area (Å²) in [5, 5.41) is 11.5. The average molecular weight is 439 g/mol. The molecule has 0 fully saturated rings. The molecule has 0 aromatic heterocycles. The van der Waals surface area contributed by atoms with Crippen molar-refractivity contribution in [1.29, 1.82) is 0 Å². The van der Waals surface area contributed by atoms with Crippen molar-refractivity contribution < 1.29 is 28.9 Å². The molecule has 0 radical (unpaired) electrons. The van der Waals surface area contributed by atoms with Crippen LogP contribution in [0.25, 0.3) is 0 Å². The lowest BCUT2D eigenvalue weighted by atomic mass is 10.1. The molecule has 0 saturated heterocycles. The number of nitrogens with two attached hydrogens (primary N) is 1. The van der Waals surface area contributed by atoms with E-state index >= 15 is 0 Å². The first kappa shape index (κ1) is 26.9. The highest BCUT2D eigenvalue weighted by Crippen LogP contribution is 2.14. The number of aryl methyl sites for hydroxylation is 1. The summed E-state index contributed by atoms with van der Waals surface area (Å²) >= 11 is 0. The number of carbonyl (C=O) groups excluding carboxylic acids is 2. The van der Waals surface area contributed by atoms with Crippen LogP contribution in [0.1, 0.15) is 58.1 Å². The van der Waals surface area contributed by atoms with Crippen molar-refractivity contribution in [2.75, 3.05) is 19.8 Å². The van der Waals surface area contributed by atoms with E-state index in [-0.39, 0.29) is 19.1 Å². The molecular weight excluding hydrogens is 400 g/mol. The minimum Gasteiger partial charge on any atom is -0.444 e. The Kier molecular flexibility index (Phi) is 12.1. The topological polar surface area (TPSA) is 120 Å². The summed E-state index contributed by atoms with van der Waals surface area (Å²) in [6.45, 7) is 8.64. The van der Waals surface area contributed by atoms with Gasteiger partial charge in [-0.15, -0.1) is 0 Å². The lowest BCUT2D eigenvalue weighted by Gasteiger charge is -2.27. The van der Waals surface area contributed by atoms with E-state index in [2.05, 4.69) is 17.4 Å². The third-order valence-corrected chi connectivity index (χ3v) is 4.50. The molecule has 2 amide bonds. The molecule has 2 atom stereocenters. The Morgan fingerprint density at radius 2 is 1.77 bits per heavy atom. The SMILES string of the molecule is C[C@@H](OCc1ccc(CCCOCCO)cc1)[C@H](CCC(N)=O)NC(=O)OC(C)(C)C. The van der Waals surface area contributed by atoms with Gasteiger partial charge in [0.05, 0.1) is 32.0 Å². The molecule has 1 aromatic rings. The second-order valence-corrected chi connectivity index (χ2v) is 8.53. The molecule has 8 heteroatoms. The van der Waals surface area contributed by atoms with Crippen molar-refractivity contribution in [2.24, 2.45) is 5.73 Å². The van der Waals surface area contributed by atoms with Crippen molar-refractivity contribution in [3.63, 3.8) is 0 Å². The van der Waals surface area contributed by atoms with Crippen LogP contribution in [-0.2, 0) is 32.0 Å². The van der Waals surface area contributed by atoms with Crippen molar-refractivity contribution in [3.8, 4) is 0 Å². The standard InChI is InChI=1S/C23H38N2O6/c1-17(20(11-12-21(24)27)25-22(28)31-23(2,3)4)30-16-19-9-7-18(8-10-19)6-5-14-29-15-13-26/h7-10,17,20,26H,5-6,11-16H2,1-4H3,(H2,24,27)(H,25,28)/t17-,20+/m1/s1. The molecule has 0 heterocycles. The molecular formula is C23H38N2O6. The lowest BCUT2D eigenvalue weighted by Crippen LogP contribution is -2.45. The number of primary amides is 1. The van der Waals surface area contributed by atoms with E-state index in [1.807, 2.05) is 19.1 Å². The molecule has 4 N–H and O–H groups in total. The number of hydrogen-bond donors (Lipinski definition) is 3. The first-order valence-electron chi connectivity index (χ1n) is 10.8. The van der Waals surface area contributed by atoms with E-state index in [0.29, 0.717) is 26.2 Å². The number of hydrogen-bond acceptors (Lipinski definition) is 6. The number of amides is 2. The summed E-state index contributed by atoms with van der Waals surface area (Å²) in [7, 11) is 0. The average Bonchev–Trinajstić information content (AvgIpc) is 2.68. The van der Waals surface area contributed by atoms with Gasteiger partial charge in [-0.3, -0.25) is 4.79 Å². The number of aliphatic hydroxyl groups is 1. The Hall–Kier alpha value is -2.16. The maximum atomic E-state index is 12.1. The molecule has 0 aliphatic heterocycles. The molecule has 0 spiro atoms. The molecule has 1 aromatic carbocycles. The zero-order valence-corrected chi connectivity index (χ0v) is 19.2. The van der Waals surface area contributed by atoms with Gasteiger partial charge in [0.25, 0.3) is 0 Å². The quantitative estimate of drug-likeness (QED) is 0.384. The van der Waals surface area contributed by atoms with Crippen molar-refractivity contribution in [2.45, 2.75) is 77.7 Å². The highest BCUT2D eigenvalue weighted by molar-refractivity contribution is 5.74. The van der Waals surface area contributed by atoms with Gasteiger partial charge in [0, 0.05) is 13.0 Å². The Bertz CT molecular complexity index is 657. The summed E-state index contributed by atoms with van der Waals surface area (Å²) in [6.07, 6.45) is 1.42. The van der Waals surface area contributed by atoms with Crippen LogP contribution in [0.4, 0.5) is 4.79 Å². The summed E-state index contributed by atoms with van der Waals surface area (Å²) in [4.78, 5) is 23.3. The van der Waals surface area contributed by atoms with Gasteiger partial charge < -0.3 is 30.4 Å². The number of ether oxygens (including phenoxy) is 3. The van der Waals surface area contributed by atoms with E-state index in [1.165, 1.54) is 5.56 Å². The van der Waals surface area contributed by atoms with Crippen LogP contribution in [0.15, 0.2) is 24.3 Å². The summed E-state index contributed by atoms with van der Waals surface area (Å²) < 4.78 is 16.5. The Balaban J connectivity index is 2.54. The first-order chi connectivity index (χ1) is 14.6. The largest absolute Gasteiger partial charge is 0.444 e. The zero-order valence-electron chi connectivity index (χ0n) is 19.2. The Morgan fingerprint density at radius 1 is 1.13 bits per heavy atom. The molecule has 0 unspecified atom stereocenters. The number of benzene rings is 1. The van der Waals surface area contributed by atoms with Gasteiger partial charge in [-0.05, 0) is 58.1 Å². The molecule has 1 rings (SSSR count). The fraction of sp³-hybridized carbons (Fsp3) is 0.652. The Morgan fingerprint density at radius 3 is 2.35 bits per heavy atom. The van der Waals surface area contributed by atoms with E-state index < -0.39 is 23.6 Å². The van der Waals surface area contributed by atoms with Gasteiger partial charge in [-0.2, -0.15) is 0 Å². The van der Waals surface area contributed by atoms with Crippen molar-refractivity contribution >= 4 is 12.0 Å². The predicted molar refractivity (Wildman–Crippen MR) is 119 cm³/mol. The van der Waals surface area contributed by atoms with Gasteiger partial charge in [0.15, 0.2) is 0 Å². The zero-order chi connectivity index (χ0) is 23.3. The van der Waals surface area contributed by atoms with Gasteiger partial charge in [-0.25, -0.2) is 4.79 Å². The smallest absolute Gasteiger partial charge is 0.407 e. The summed E-state index contributed by atoms with van der Waals surface area (Å²) in [5.41, 5.74) is 6.87. The maximum Gasteiger partial charge on any atom is 0.407 e. The molecule has 0 bridgehead atoms. The van der Waals surface area contributed by atoms with Crippen molar-refractivity contribution in [3.05, 3.63) is 35.4 Å². The molecule has 8 nitrogen and oxygen atoms in total. The van der Waals surface area contributed by atoms with E-state index in [1.54, 1.807) is 20.8 Å². The van der Waals surface area contributed by atoms with Gasteiger partial charge in [0.2, 0.25) is 5.91 Å². The number of rotatable bonds is 14. The monoisotopic (exact) mass is 438 g/mol. The fourth-order valence-electron chi connectivity index (χ4n) is 2.87. The first-order valence-corrected chi connectivity index (χ1v) is 10.8. The fourth-order valence-corrected chi connectivity index (χ4v) is 2.87. The number of carbonyl (C=O) groups is 2. The van der Waals surface area contributed by atoms with Gasteiger partial charge >= 0.3 is 6.09 Å². The normalized spacial score (nSPS) is 13.5. The minimum absolute atomic E-state index is 0.0454. The molecule has 0 aliphatic rings. The molecule has 31 heavy (non-hydrogen) atoms. The number of nitrogens with one attached hydrogen (secondary N) is 1. The number of aliphatic hydroxyl groups excluding tert-OH is 1. The second-order valence-electron chi connectivity index (χ2n) is 8.53. The summed E-state index contributed by atoms with van der Waals surface area (Å²) in [6, 6.07) is 7.73. The highest BCUT2D eigenvalue weighted by Gasteiger charge is 2.24. The number of alkyl carbamates (subject to hydrolysis) is 1. The van der Waals surface area contributed by atoms with Gasteiger partial charge in [0.1, 0.15) is 5.60 Å². The van der Waals surface area contributed by atoms with Crippen LogP contribution in [0.2, 0.25) is 0 Å². The third-order valence-electron chi connectivity index (χ3n) is 4.50.